The second-order valence-corrected chi connectivity index (χ2v) is 3.77. The summed E-state index contributed by atoms with van der Waals surface area (Å²) in [5, 5.41) is 3.27. The summed E-state index contributed by atoms with van der Waals surface area (Å²) >= 11 is 0. The highest BCUT2D eigenvalue weighted by atomic mass is 35.5. The van der Waals surface area contributed by atoms with E-state index in [9.17, 15) is 0 Å². The van der Waals surface area contributed by atoms with Gasteiger partial charge in [-0.2, -0.15) is 0 Å². The molecular weight excluding hydrogens is 226 g/mol. The van der Waals surface area contributed by atoms with E-state index < -0.39 is 0 Å². The molecule has 2 rings (SSSR count). The Labute approximate surface area is 103 Å². The van der Waals surface area contributed by atoms with Crippen molar-refractivity contribution < 1.29 is 9.47 Å². The van der Waals surface area contributed by atoms with Gasteiger partial charge in [-0.3, -0.25) is 0 Å². The molecule has 1 fully saturated rings. The molecule has 1 N–H and O–H groups in total. The van der Waals surface area contributed by atoms with E-state index in [1.54, 1.807) is 7.11 Å². The van der Waals surface area contributed by atoms with Crippen LogP contribution in [-0.4, -0.2) is 33.4 Å². The van der Waals surface area contributed by atoms with Crippen LogP contribution in [-0.2, 0) is 4.74 Å². The summed E-state index contributed by atoms with van der Waals surface area (Å²) in [4.78, 5) is 0. The van der Waals surface area contributed by atoms with Gasteiger partial charge < -0.3 is 14.8 Å². The predicted octanol–water partition coefficient (Wildman–Crippen LogP) is 1.82. The maximum atomic E-state index is 5.49. The molecule has 16 heavy (non-hydrogen) atoms. The number of hydrogen-bond donors (Lipinski definition) is 1. The van der Waals surface area contributed by atoms with Crippen LogP contribution in [0, 0.1) is 0 Å². The van der Waals surface area contributed by atoms with Gasteiger partial charge in [-0.05, 0) is 17.7 Å². The molecule has 1 aromatic rings. The monoisotopic (exact) mass is 243 g/mol. The zero-order valence-corrected chi connectivity index (χ0v) is 10.3. The zero-order valence-electron chi connectivity index (χ0n) is 9.44. The molecule has 1 saturated heterocycles. The highest BCUT2D eigenvalue weighted by Gasteiger charge is 2.18. The van der Waals surface area contributed by atoms with Crippen molar-refractivity contribution in [1.82, 2.24) is 5.32 Å². The van der Waals surface area contributed by atoms with Crippen molar-refractivity contribution in [3.05, 3.63) is 29.8 Å². The van der Waals surface area contributed by atoms with Crippen molar-refractivity contribution in [3.8, 4) is 5.75 Å². The third-order valence-corrected chi connectivity index (χ3v) is 2.69. The van der Waals surface area contributed by atoms with Crippen LogP contribution in [0.15, 0.2) is 24.3 Å². The normalized spacial score (nSPS) is 15.1. The summed E-state index contributed by atoms with van der Waals surface area (Å²) in [7, 11) is 1.68. The quantitative estimate of drug-likeness (QED) is 0.801. The van der Waals surface area contributed by atoms with E-state index >= 15 is 0 Å². The van der Waals surface area contributed by atoms with Gasteiger partial charge in [0.05, 0.1) is 6.61 Å². The molecule has 90 valence electrons. The van der Waals surface area contributed by atoms with Crippen LogP contribution in [0.2, 0.25) is 0 Å². The van der Waals surface area contributed by atoms with Crippen LogP contribution in [0.5, 0.6) is 5.75 Å². The van der Waals surface area contributed by atoms with Crippen molar-refractivity contribution in [2.75, 3.05) is 33.4 Å². The number of ether oxygens (including phenoxy) is 2. The Hall–Kier alpha value is -0.770. The number of benzene rings is 1. The van der Waals surface area contributed by atoms with Gasteiger partial charge in [-0.1, -0.05) is 12.1 Å². The average Bonchev–Trinajstić information content (AvgIpc) is 2.18. The molecule has 0 aliphatic carbocycles. The lowest BCUT2D eigenvalue weighted by Gasteiger charge is -2.27. The molecule has 0 radical (unpaired) electrons. The van der Waals surface area contributed by atoms with Crippen molar-refractivity contribution in [3.63, 3.8) is 0 Å². The maximum absolute atomic E-state index is 5.49. The van der Waals surface area contributed by atoms with Crippen LogP contribution in [0.4, 0.5) is 0 Å². The van der Waals surface area contributed by atoms with Gasteiger partial charge >= 0.3 is 0 Å². The molecule has 0 atom stereocenters. The number of methoxy groups -OCH3 is 1. The van der Waals surface area contributed by atoms with E-state index in [0.29, 0.717) is 19.1 Å². The average molecular weight is 244 g/mol. The molecule has 1 aliphatic rings. The summed E-state index contributed by atoms with van der Waals surface area (Å²) in [5.74, 6) is 1.61. The van der Waals surface area contributed by atoms with E-state index in [4.69, 9.17) is 9.47 Å². The van der Waals surface area contributed by atoms with Gasteiger partial charge in [-0.25, -0.2) is 0 Å². The van der Waals surface area contributed by atoms with Crippen molar-refractivity contribution in [2.45, 2.75) is 5.92 Å². The van der Waals surface area contributed by atoms with E-state index in [0.717, 1.165) is 18.8 Å². The Morgan fingerprint density at radius 1 is 1.19 bits per heavy atom. The second-order valence-electron chi connectivity index (χ2n) is 3.77. The fraction of sp³-hybridized carbons (Fsp3) is 0.500. The molecule has 0 spiro atoms. The number of rotatable bonds is 5. The van der Waals surface area contributed by atoms with Gasteiger partial charge in [-0.15, -0.1) is 12.4 Å². The summed E-state index contributed by atoms with van der Waals surface area (Å²) < 4.78 is 10.4. The Kier molecular flexibility index (Phi) is 5.60. The fourth-order valence-electron chi connectivity index (χ4n) is 1.60. The van der Waals surface area contributed by atoms with Crippen molar-refractivity contribution in [2.24, 2.45) is 0 Å². The van der Waals surface area contributed by atoms with Crippen molar-refractivity contribution >= 4 is 12.4 Å². The topological polar surface area (TPSA) is 30.5 Å². The summed E-state index contributed by atoms with van der Waals surface area (Å²) in [6.45, 7) is 3.45. The first-order valence-corrected chi connectivity index (χ1v) is 5.32. The lowest BCUT2D eigenvalue weighted by atomic mass is 9.94. The molecule has 0 bridgehead atoms. The van der Waals surface area contributed by atoms with Crippen LogP contribution in [0.3, 0.4) is 0 Å². The van der Waals surface area contributed by atoms with E-state index in [1.165, 1.54) is 5.56 Å². The Morgan fingerprint density at radius 2 is 1.88 bits per heavy atom. The van der Waals surface area contributed by atoms with Crippen molar-refractivity contribution in [1.29, 1.82) is 0 Å². The van der Waals surface area contributed by atoms with Gasteiger partial charge in [0.2, 0.25) is 0 Å². The maximum Gasteiger partial charge on any atom is 0.119 e. The first-order valence-electron chi connectivity index (χ1n) is 5.32. The molecule has 0 saturated carbocycles. The zero-order chi connectivity index (χ0) is 10.5. The van der Waals surface area contributed by atoms with Crippen LogP contribution < -0.4 is 10.1 Å². The Bertz CT molecular complexity index is 298. The minimum atomic E-state index is 0. The van der Waals surface area contributed by atoms with Crippen LogP contribution >= 0.6 is 12.4 Å². The van der Waals surface area contributed by atoms with Crippen LogP contribution in [0.1, 0.15) is 11.5 Å². The highest BCUT2D eigenvalue weighted by Crippen LogP contribution is 2.22. The molecule has 0 aromatic heterocycles. The van der Waals surface area contributed by atoms with Gasteiger partial charge in [0.15, 0.2) is 0 Å². The first-order chi connectivity index (χ1) is 7.40. The molecular formula is C12H18ClNO2. The van der Waals surface area contributed by atoms with Gasteiger partial charge in [0.1, 0.15) is 12.4 Å². The smallest absolute Gasteiger partial charge is 0.119 e. The van der Waals surface area contributed by atoms with E-state index in [2.05, 4.69) is 17.4 Å². The lowest BCUT2D eigenvalue weighted by Crippen LogP contribution is -2.39. The van der Waals surface area contributed by atoms with Gasteiger partial charge in [0.25, 0.3) is 0 Å². The largest absolute Gasteiger partial charge is 0.491 e. The lowest BCUT2D eigenvalue weighted by molar-refractivity contribution is 0.146. The molecule has 4 heteroatoms. The van der Waals surface area contributed by atoms with Crippen LogP contribution in [0.25, 0.3) is 0 Å². The molecule has 0 unspecified atom stereocenters. The SMILES string of the molecule is COCCOc1ccc(C2CNC2)cc1.Cl. The second kappa shape index (κ2) is 6.74. The first kappa shape index (κ1) is 13.3. The molecule has 0 amide bonds. The molecule has 1 aromatic carbocycles. The number of hydrogen-bond acceptors (Lipinski definition) is 3. The third-order valence-electron chi connectivity index (χ3n) is 2.69. The standard InChI is InChI=1S/C12H17NO2.ClH/c1-14-6-7-15-12-4-2-10(3-5-12)11-8-13-9-11;/h2-5,11,13H,6-9H2,1H3;1H. The molecule has 1 aliphatic heterocycles. The van der Waals surface area contributed by atoms with Gasteiger partial charge in [0, 0.05) is 26.1 Å². The van der Waals surface area contributed by atoms with E-state index in [1.807, 2.05) is 12.1 Å². The minimum absolute atomic E-state index is 0. The summed E-state index contributed by atoms with van der Waals surface area (Å²) in [6.07, 6.45) is 0. The Balaban J connectivity index is 0.00000128. The summed E-state index contributed by atoms with van der Waals surface area (Å²) in [6, 6.07) is 8.36. The minimum Gasteiger partial charge on any atom is -0.491 e. The number of nitrogens with one attached hydrogen (secondary N) is 1. The molecule has 3 nitrogen and oxygen atoms in total. The predicted molar refractivity (Wildman–Crippen MR) is 66.7 cm³/mol. The summed E-state index contributed by atoms with van der Waals surface area (Å²) in [5.41, 5.74) is 1.40. The Morgan fingerprint density at radius 3 is 2.38 bits per heavy atom. The van der Waals surface area contributed by atoms with E-state index in [-0.39, 0.29) is 12.4 Å². The highest BCUT2D eigenvalue weighted by molar-refractivity contribution is 5.85. The molecule has 1 heterocycles. The fourth-order valence-corrected chi connectivity index (χ4v) is 1.60. The third kappa shape index (κ3) is 3.37. The number of halogens is 1.